The zero-order valence-electron chi connectivity index (χ0n) is 10.8. The lowest BCUT2D eigenvalue weighted by atomic mass is 10.0. The standard InChI is InChI=1S/C15H9ClF6/c16-13(9-1-5-11(6-2-9)14(17,18)19)10-3-7-12(8-4-10)15(20,21)22/h1-8,13H. The lowest BCUT2D eigenvalue weighted by molar-refractivity contribution is -0.138. The van der Waals surface area contributed by atoms with Gasteiger partial charge in [0.1, 0.15) is 0 Å². The number of alkyl halides is 7. The normalized spacial score (nSPS) is 12.7. The summed E-state index contributed by atoms with van der Waals surface area (Å²) in [5.74, 6) is 0. The van der Waals surface area contributed by atoms with Crippen LogP contribution in [0.1, 0.15) is 27.6 Å². The van der Waals surface area contributed by atoms with Crippen molar-refractivity contribution in [1.82, 2.24) is 0 Å². The fraction of sp³-hybridized carbons (Fsp3) is 0.200. The molecular formula is C15H9ClF6. The second-order valence-electron chi connectivity index (χ2n) is 4.60. The first-order chi connectivity index (χ1) is 10.1. The second-order valence-corrected chi connectivity index (χ2v) is 5.04. The Labute approximate surface area is 127 Å². The molecule has 0 heterocycles. The molecule has 0 aliphatic carbocycles. The fourth-order valence-electron chi connectivity index (χ4n) is 1.87. The average Bonchev–Trinajstić information content (AvgIpc) is 2.45. The van der Waals surface area contributed by atoms with Crippen LogP contribution < -0.4 is 0 Å². The average molecular weight is 339 g/mol. The Kier molecular flexibility index (Phi) is 4.42. The predicted octanol–water partition coefficient (Wildman–Crippen LogP) is 6.05. The highest BCUT2D eigenvalue weighted by Gasteiger charge is 2.31. The molecule has 0 nitrogen and oxygen atoms in total. The van der Waals surface area contributed by atoms with Gasteiger partial charge in [-0.25, -0.2) is 0 Å². The van der Waals surface area contributed by atoms with Crippen molar-refractivity contribution in [3.05, 3.63) is 70.8 Å². The summed E-state index contributed by atoms with van der Waals surface area (Å²) in [7, 11) is 0. The van der Waals surface area contributed by atoms with Crippen LogP contribution >= 0.6 is 11.6 Å². The van der Waals surface area contributed by atoms with E-state index < -0.39 is 28.9 Å². The number of rotatable bonds is 2. The van der Waals surface area contributed by atoms with E-state index in [1.165, 1.54) is 24.3 Å². The van der Waals surface area contributed by atoms with Crippen LogP contribution in [0.25, 0.3) is 0 Å². The number of benzene rings is 2. The van der Waals surface area contributed by atoms with Crippen LogP contribution in [0.4, 0.5) is 26.3 Å². The molecule has 0 atom stereocenters. The Morgan fingerprint density at radius 1 is 0.591 bits per heavy atom. The van der Waals surface area contributed by atoms with Crippen LogP contribution in [-0.2, 0) is 12.4 Å². The van der Waals surface area contributed by atoms with Crippen molar-refractivity contribution in [3.8, 4) is 0 Å². The van der Waals surface area contributed by atoms with Gasteiger partial charge >= 0.3 is 12.4 Å². The van der Waals surface area contributed by atoms with Crippen LogP contribution in [0.2, 0.25) is 0 Å². The summed E-state index contributed by atoms with van der Waals surface area (Å²) < 4.78 is 74.8. The molecule has 0 aliphatic rings. The van der Waals surface area contributed by atoms with E-state index >= 15 is 0 Å². The van der Waals surface area contributed by atoms with E-state index in [1.807, 2.05) is 0 Å². The summed E-state index contributed by atoms with van der Waals surface area (Å²) in [5, 5.41) is -0.829. The maximum Gasteiger partial charge on any atom is 0.416 e. The summed E-state index contributed by atoms with van der Waals surface area (Å²) in [6, 6.07) is 8.36. The second kappa shape index (κ2) is 5.83. The maximum atomic E-state index is 12.5. The van der Waals surface area contributed by atoms with E-state index in [-0.39, 0.29) is 0 Å². The summed E-state index contributed by atoms with van der Waals surface area (Å²) in [6.07, 6.45) is -8.90. The zero-order chi connectivity index (χ0) is 16.5. The molecule has 0 saturated heterocycles. The Bertz CT molecular complexity index is 568. The molecule has 118 valence electrons. The Morgan fingerprint density at radius 2 is 0.864 bits per heavy atom. The molecule has 0 amide bonds. The quantitative estimate of drug-likeness (QED) is 0.461. The first kappa shape index (κ1) is 16.7. The highest BCUT2D eigenvalue weighted by atomic mass is 35.5. The molecule has 0 N–H and O–H groups in total. The van der Waals surface area contributed by atoms with Crippen molar-refractivity contribution < 1.29 is 26.3 Å². The molecule has 0 fully saturated rings. The summed E-state index contributed by atoms with van der Waals surface area (Å²) >= 11 is 6.10. The third kappa shape index (κ3) is 3.74. The molecule has 0 spiro atoms. The van der Waals surface area contributed by atoms with E-state index in [9.17, 15) is 26.3 Å². The van der Waals surface area contributed by atoms with E-state index in [2.05, 4.69) is 0 Å². The topological polar surface area (TPSA) is 0 Å². The van der Waals surface area contributed by atoms with Crippen LogP contribution in [0.3, 0.4) is 0 Å². The van der Waals surface area contributed by atoms with Crippen molar-refractivity contribution in [2.24, 2.45) is 0 Å². The van der Waals surface area contributed by atoms with Crippen molar-refractivity contribution >= 4 is 11.6 Å². The number of hydrogen-bond donors (Lipinski definition) is 0. The van der Waals surface area contributed by atoms with Gasteiger partial charge in [-0.15, -0.1) is 11.6 Å². The molecule has 2 aromatic rings. The van der Waals surface area contributed by atoms with Gasteiger partial charge in [0.15, 0.2) is 0 Å². The van der Waals surface area contributed by atoms with Crippen molar-refractivity contribution in [2.45, 2.75) is 17.7 Å². The molecule has 0 bridgehead atoms. The molecule has 2 aromatic carbocycles. The van der Waals surface area contributed by atoms with Gasteiger partial charge < -0.3 is 0 Å². The van der Waals surface area contributed by atoms with Gasteiger partial charge in [-0.2, -0.15) is 26.3 Å². The molecule has 0 radical (unpaired) electrons. The van der Waals surface area contributed by atoms with Crippen LogP contribution in [0.15, 0.2) is 48.5 Å². The van der Waals surface area contributed by atoms with Gasteiger partial charge in [0.25, 0.3) is 0 Å². The van der Waals surface area contributed by atoms with Gasteiger partial charge in [-0.1, -0.05) is 24.3 Å². The van der Waals surface area contributed by atoms with E-state index in [1.54, 1.807) is 0 Å². The van der Waals surface area contributed by atoms with Crippen molar-refractivity contribution in [1.29, 1.82) is 0 Å². The first-order valence-corrected chi connectivity index (χ1v) is 6.51. The third-order valence-electron chi connectivity index (χ3n) is 3.06. The molecule has 22 heavy (non-hydrogen) atoms. The summed E-state index contributed by atoms with van der Waals surface area (Å²) in [4.78, 5) is 0. The highest BCUT2D eigenvalue weighted by Crippen LogP contribution is 2.35. The zero-order valence-corrected chi connectivity index (χ0v) is 11.6. The molecular weight excluding hydrogens is 330 g/mol. The minimum absolute atomic E-state index is 0.370. The lowest BCUT2D eigenvalue weighted by Gasteiger charge is -2.13. The Balaban J connectivity index is 2.23. The molecule has 0 aromatic heterocycles. The number of halogens is 7. The summed E-state index contributed by atoms with van der Waals surface area (Å²) in [5.41, 5.74) is -0.885. The van der Waals surface area contributed by atoms with Crippen LogP contribution in [-0.4, -0.2) is 0 Å². The van der Waals surface area contributed by atoms with Crippen molar-refractivity contribution in [2.75, 3.05) is 0 Å². The molecule has 0 aliphatic heterocycles. The monoisotopic (exact) mass is 338 g/mol. The summed E-state index contributed by atoms with van der Waals surface area (Å²) in [6.45, 7) is 0. The smallest absolute Gasteiger partial charge is 0.166 e. The molecule has 0 unspecified atom stereocenters. The predicted molar refractivity (Wildman–Crippen MR) is 70.6 cm³/mol. The van der Waals surface area contributed by atoms with Crippen LogP contribution in [0.5, 0.6) is 0 Å². The Hall–Kier alpha value is -1.69. The molecule has 7 heteroatoms. The molecule has 2 rings (SSSR count). The number of hydrogen-bond acceptors (Lipinski definition) is 0. The van der Waals surface area contributed by atoms with Gasteiger partial charge in [0, 0.05) is 0 Å². The van der Waals surface area contributed by atoms with Gasteiger partial charge in [-0.05, 0) is 35.4 Å². The first-order valence-electron chi connectivity index (χ1n) is 6.07. The van der Waals surface area contributed by atoms with E-state index in [4.69, 9.17) is 11.6 Å². The van der Waals surface area contributed by atoms with Gasteiger partial charge in [-0.3, -0.25) is 0 Å². The van der Waals surface area contributed by atoms with E-state index in [0.29, 0.717) is 11.1 Å². The van der Waals surface area contributed by atoms with Gasteiger partial charge in [0.05, 0.1) is 16.5 Å². The maximum absolute atomic E-state index is 12.5. The minimum Gasteiger partial charge on any atom is -0.166 e. The Morgan fingerprint density at radius 3 is 1.09 bits per heavy atom. The molecule has 0 saturated carbocycles. The lowest BCUT2D eigenvalue weighted by Crippen LogP contribution is -2.06. The van der Waals surface area contributed by atoms with Crippen LogP contribution in [0, 0.1) is 0 Å². The van der Waals surface area contributed by atoms with Crippen molar-refractivity contribution in [3.63, 3.8) is 0 Å². The fourth-order valence-corrected chi connectivity index (χ4v) is 2.17. The minimum atomic E-state index is -4.45. The third-order valence-corrected chi connectivity index (χ3v) is 3.57. The van der Waals surface area contributed by atoms with Gasteiger partial charge in [0.2, 0.25) is 0 Å². The SMILES string of the molecule is FC(F)(F)c1ccc(C(Cl)c2ccc(C(F)(F)F)cc2)cc1. The largest absolute Gasteiger partial charge is 0.416 e. The van der Waals surface area contributed by atoms with E-state index in [0.717, 1.165) is 24.3 Å². The highest BCUT2D eigenvalue weighted by molar-refractivity contribution is 6.22.